The molecule has 1 aromatic heterocycles. The number of carbonyl (C=O) groups excluding carboxylic acids is 1. The second-order valence-corrected chi connectivity index (χ2v) is 6.35. The quantitative estimate of drug-likeness (QED) is 0.843. The normalized spacial score (nSPS) is 15.8. The van der Waals surface area contributed by atoms with Gasteiger partial charge in [0, 0.05) is 10.4 Å². The Morgan fingerprint density at radius 3 is 2.47 bits per heavy atom. The third kappa shape index (κ3) is 4.06. The van der Waals surface area contributed by atoms with Crippen molar-refractivity contribution in [2.24, 2.45) is 5.92 Å². The molecule has 0 aliphatic rings. The fourth-order valence-corrected chi connectivity index (χ4v) is 2.55. The molecule has 0 radical (unpaired) electrons. The minimum atomic E-state index is -0.903. The van der Waals surface area contributed by atoms with E-state index in [1.807, 2.05) is 38.3 Å². The zero-order valence-electron chi connectivity index (χ0n) is 11.8. The topological polar surface area (TPSA) is 66.4 Å². The van der Waals surface area contributed by atoms with Crippen LogP contribution in [-0.4, -0.2) is 22.5 Å². The lowest BCUT2D eigenvalue weighted by atomic mass is 9.84. The average Bonchev–Trinajstić information content (AvgIpc) is 2.79. The second-order valence-electron chi connectivity index (χ2n) is 5.37. The standard InChI is InChI=1S/C14H21NO3S/c1-9(2)14(4,8-12(16)17)15-13(18)10(3)11-6-5-7-19-11/h5-7,9-10H,8H2,1-4H3,(H,15,18)(H,16,17). The van der Waals surface area contributed by atoms with Gasteiger partial charge < -0.3 is 10.4 Å². The van der Waals surface area contributed by atoms with Crippen molar-refractivity contribution in [3.05, 3.63) is 22.4 Å². The van der Waals surface area contributed by atoms with Crippen LogP contribution in [0.1, 0.15) is 44.9 Å². The van der Waals surface area contributed by atoms with Crippen LogP contribution in [0.25, 0.3) is 0 Å². The Morgan fingerprint density at radius 2 is 2.05 bits per heavy atom. The van der Waals surface area contributed by atoms with E-state index < -0.39 is 11.5 Å². The van der Waals surface area contributed by atoms with Crippen LogP contribution in [0.4, 0.5) is 0 Å². The summed E-state index contributed by atoms with van der Waals surface area (Å²) in [5.74, 6) is -1.24. The molecule has 1 rings (SSSR count). The molecule has 0 saturated carbocycles. The first-order chi connectivity index (χ1) is 8.76. The van der Waals surface area contributed by atoms with E-state index in [0.29, 0.717) is 0 Å². The summed E-state index contributed by atoms with van der Waals surface area (Å²) in [6.07, 6.45) is -0.0758. The zero-order valence-corrected chi connectivity index (χ0v) is 12.6. The number of thiophene rings is 1. The van der Waals surface area contributed by atoms with Gasteiger partial charge in [-0.15, -0.1) is 11.3 Å². The first-order valence-corrected chi connectivity index (χ1v) is 7.21. The maximum Gasteiger partial charge on any atom is 0.305 e. The van der Waals surface area contributed by atoms with E-state index in [4.69, 9.17) is 5.11 Å². The van der Waals surface area contributed by atoms with Gasteiger partial charge in [-0.2, -0.15) is 0 Å². The molecule has 2 N–H and O–H groups in total. The first-order valence-electron chi connectivity index (χ1n) is 6.33. The molecule has 1 heterocycles. The number of carboxylic acids is 1. The number of aliphatic carboxylic acids is 1. The van der Waals surface area contributed by atoms with Gasteiger partial charge in [-0.1, -0.05) is 19.9 Å². The van der Waals surface area contributed by atoms with Crippen LogP contribution in [0.3, 0.4) is 0 Å². The van der Waals surface area contributed by atoms with Crippen molar-refractivity contribution < 1.29 is 14.7 Å². The minimum Gasteiger partial charge on any atom is -0.481 e. The molecule has 5 heteroatoms. The van der Waals surface area contributed by atoms with Gasteiger partial charge in [0.2, 0.25) is 5.91 Å². The van der Waals surface area contributed by atoms with Crippen LogP contribution in [0.2, 0.25) is 0 Å². The third-order valence-electron chi connectivity index (χ3n) is 3.56. The Bertz CT molecular complexity index is 442. The molecule has 0 spiro atoms. The van der Waals surface area contributed by atoms with Crippen molar-refractivity contribution in [1.82, 2.24) is 5.32 Å². The van der Waals surface area contributed by atoms with Crippen LogP contribution in [-0.2, 0) is 9.59 Å². The molecule has 2 atom stereocenters. The molecule has 19 heavy (non-hydrogen) atoms. The Labute approximate surface area is 117 Å². The molecule has 106 valence electrons. The van der Waals surface area contributed by atoms with Gasteiger partial charge in [0.15, 0.2) is 0 Å². The number of rotatable bonds is 6. The first kappa shape index (κ1) is 15.7. The molecule has 1 amide bonds. The van der Waals surface area contributed by atoms with Gasteiger partial charge in [-0.05, 0) is 31.2 Å². The van der Waals surface area contributed by atoms with Crippen molar-refractivity contribution in [3.8, 4) is 0 Å². The summed E-state index contributed by atoms with van der Waals surface area (Å²) < 4.78 is 0. The van der Waals surface area contributed by atoms with E-state index in [-0.39, 0.29) is 24.2 Å². The van der Waals surface area contributed by atoms with Crippen LogP contribution in [0.15, 0.2) is 17.5 Å². The van der Waals surface area contributed by atoms with E-state index in [0.717, 1.165) is 4.88 Å². The van der Waals surface area contributed by atoms with Crippen molar-refractivity contribution in [1.29, 1.82) is 0 Å². The van der Waals surface area contributed by atoms with Crippen molar-refractivity contribution in [2.45, 2.75) is 45.6 Å². The number of hydrogen-bond donors (Lipinski definition) is 2. The largest absolute Gasteiger partial charge is 0.481 e. The van der Waals surface area contributed by atoms with Crippen LogP contribution >= 0.6 is 11.3 Å². The van der Waals surface area contributed by atoms with Gasteiger partial charge in [-0.25, -0.2) is 0 Å². The Balaban J connectivity index is 2.79. The second kappa shape index (κ2) is 6.19. The zero-order chi connectivity index (χ0) is 14.6. The number of nitrogens with one attached hydrogen (secondary N) is 1. The van der Waals surface area contributed by atoms with E-state index in [9.17, 15) is 9.59 Å². The number of carbonyl (C=O) groups is 2. The van der Waals surface area contributed by atoms with Crippen LogP contribution < -0.4 is 5.32 Å². The maximum absolute atomic E-state index is 12.2. The molecule has 4 nitrogen and oxygen atoms in total. The highest BCUT2D eigenvalue weighted by Crippen LogP contribution is 2.25. The highest BCUT2D eigenvalue weighted by Gasteiger charge is 2.34. The summed E-state index contributed by atoms with van der Waals surface area (Å²) in [7, 11) is 0. The van der Waals surface area contributed by atoms with Gasteiger partial charge in [0.1, 0.15) is 0 Å². The summed E-state index contributed by atoms with van der Waals surface area (Å²) >= 11 is 1.53. The fraction of sp³-hybridized carbons (Fsp3) is 0.571. The molecule has 2 unspecified atom stereocenters. The van der Waals surface area contributed by atoms with Crippen molar-refractivity contribution in [2.75, 3.05) is 0 Å². The molecule has 0 aliphatic carbocycles. The lowest BCUT2D eigenvalue weighted by molar-refractivity contribution is -0.139. The summed E-state index contributed by atoms with van der Waals surface area (Å²) in [6, 6.07) is 3.82. The minimum absolute atomic E-state index is 0.0445. The predicted octanol–water partition coefficient (Wildman–Crippen LogP) is 2.86. The van der Waals surface area contributed by atoms with Crippen molar-refractivity contribution in [3.63, 3.8) is 0 Å². The Morgan fingerprint density at radius 1 is 1.42 bits per heavy atom. The molecule has 0 fully saturated rings. The summed E-state index contributed by atoms with van der Waals surface area (Å²) in [5.41, 5.74) is -0.728. The molecular weight excluding hydrogens is 262 g/mol. The van der Waals surface area contributed by atoms with Gasteiger partial charge >= 0.3 is 5.97 Å². The molecule has 1 aromatic rings. The lowest BCUT2D eigenvalue weighted by Crippen LogP contribution is -2.52. The predicted molar refractivity (Wildman–Crippen MR) is 76.4 cm³/mol. The van der Waals surface area contributed by atoms with Crippen molar-refractivity contribution >= 4 is 23.2 Å². The van der Waals surface area contributed by atoms with Crippen LogP contribution in [0, 0.1) is 5.92 Å². The lowest BCUT2D eigenvalue weighted by Gasteiger charge is -2.34. The van der Waals surface area contributed by atoms with E-state index in [1.54, 1.807) is 6.92 Å². The maximum atomic E-state index is 12.2. The summed E-state index contributed by atoms with van der Waals surface area (Å²) in [5, 5.41) is 13.8. The van der Waals surface area contributed by atoms with Crippen LogP contribution in [0.5, 0.6) is 0 Å². The van der Waals surface area contributed by atoms with E-state index >= 15 is 0 Å². The number of hydrogen-bond acceptors (Lipinski definition) is 3. The van der Waals surface area contributed by atoms with Gasteiger partial charge in [-0.3, -0.25) is 9.59 Å². The highest BCUT2D eigenvalue weighted by atomic mass is 32.1. The SMILES string of the molecule is CC(C(=O)NC(C)(CC(=O)O)C(C)C)c1cccs1. The average molecular weight is 283 g/mol. The molecule has 0 bridgehead atoms. The van der Waals surface area contributed by atoms with Gasteiger partial charge in [0.25, 0.3) is 0 Å². The monoisotopic (exact) mass is 283 g/mol. The molecular formula is C14H21NO3S. The fourth-order valence-electron chi connectivity index (χ4n) is 1.76. The number of amides is 1. The van der Waals surface area contributed by atoms with E-state index in [2.05, 4.69) is 5.32 Å². The summed E-state index contributed by atoms with van der Waals surface area (Å²) in [6.45, 7) is 7.45. The molecule has 0 saturated heterocycles. The van der Waals surface area contributed by atoms with E-state index in [1.165, 1.54) is 11.3 Å². The smallest absolute Gasteiger partial charge is 0.305 e. The highest BCUT2D eigenvalue weighted by molar-refractivity contribution is 7.10. The summed E-state index contributed by atoms with van der Waals surface area (Å²) in [4.78, 5) is 24.2. The third-order valence-corrected chi connectivity index (χ3v) is 4.62. The Kier molecular flexibility index (Phi) is 5.11. The Hall–Kier alpha value is -1.36. The molecule has 0 aliphatic heterocycles. The molecule has 0 aromatic carbocycles. The number of carboxylic acid groups (broad SMARTS) is 1. The van der Waals surface area contributed by atoms with Gasteiger partial charge in [0.05, 0.1) is 12.3 Å².